The van der Waals surface area contributed by atoms with Crippen LogP contribution < -0.4 is 10.1 Å². The normalized spacial score (nSPS) is 10.2. The molecule has 0 aliphatic carbocycles. The molecule has 0 unspecified atom stereocenters. The zero-order valence-corrected chi connectivity index (χ0v) is 10.0. The van der Waals surface area contributed by atoms with Gasteiger partial charge in [0.1, 0.15) is 29.1 Å². The molecular formula is C12H7F4N3O. The molecule has 0 amide bonds. The highest BCUT2D eigenvalue weighted by atomic mass is 19.4. The van der Waals surface area contributed by atoms with Crippen LogP contribution >= 0.6 is 0 Å². The minimum absolute atomic E-state index is 0.295. The molecule has 1 aromatic carbocycles. The van der Waals surface area contributed by atoms with Crippen LogP contribution in [-0.4, -0.2) is 7.11 Å². The van der Waals surface area contributed by atoms with E-state index in [1.807, 2.05) is 0 Å². The summed E-state index contributed by atoms with van der Waals surface area (Å²) >= 11 is 0. The number of anilines is 1. The highest BCUT2D eigenvalue weighted by Gasteiger charge is 2.36. The van der Waals surface area contributed by atoms with Crippen LogP contribution in [0.4, 0.5) is 23.2 Å². The van der Waals surface area contributed by atoms with Crippen LogP contribution in [0.1, 0.15) is 5.56 Å². The Bertz CT molecular complexity index is 607. The van der Waals surface area contributed by atoms with Crippen LogP contribution in [0, 0.1) is 28.5 Å². The van der Waals surface area contributed by atoms with Gasteiger partial charge >= 0.3 is 6.18 Å². The second-order valence-electron chi connectivity index (χ2n) is 3.46. The van der Waals surface area contributed by atoms with E-state index in [1.54, 1.807) is 0 Å². The van der Waals surface area contributed by atoms with Gasteiger partial charge in [-0.25, -0.2) is 4.39 Å². The van der Waals surface area contributed by atoms with E-state index in [0.29, 0.717) is 6.07 Å². The zero-order valence-electron chi connectivity index (χ0n) is 10.0. The second kappa shape index (κ2) is 5.93. The van der Waals surface area contributed by atoms with E-state index < -0.39 is 23.3 Å². The van der Waals surface area contributed by atoms with Crippen LogP contribution in [0.3, 0.4) is 0 Å². The first-order chi connectivity index (χ1) is 9.33. The number of nitrogens with zero attached hydrogens (tertiary/aromatic N) is 2. The maximum Gasteiger partial charge on any atom is 0.420 e. The van der Waals surface area contributed by atoms with Gasteiger partial charge in [-0.15, -0.1) is 0 Å². The quantitative estimate of drug-likeness (QED) is 0.684. The van der Waals surface area contributed by atoms with Gasteiger partial charge in [-0.05, 0) is 6.07 Å². The van der Waals surface area contributed by atoms with Crippen molar-refractivity contribution in [3.05, 3.63) is 35.3 Å². The number of hydrogen-bond acceptors (Lipinski definition) is 4. The smallest absolute Gasteiger partial charge is 0.420 e. The summed E-state index contributed by atoms with van der Waals surface area (Å²) < 4.78 is 56.0. The molecule has 8 heteroatoms. The molecule has 0 fully saturated rings. The van der Waals surface area contributed by atoms with E-state index in [4.69, 9.17) is 10.5 Å². The van der Waals surface area contributed by atoms with Crippen LogP contribution in [0.25, 0.3) is 0 Å². The number of allylic oxidation sites excluding steroid dienone is 1. The van der Waals surface area contributed by atoms with Gasteiger partial charge in [-0.3, -0.25) is 0 Å². The van der Waals surface area contributed by atoms with E-state index in [1.165, 1.54) is 12.1 Å². The molecule has 0 saturated heterocycles. The second-order valence-corrected chi connectivity index (χ2v) is 3.46. The van der Waals surface area contributed by atoms with E-state index in [-0.39, 0.29) is 11.3 Å². The largest absolute Gasteiger partial charge is 0.494 e. The van der Waals surface area contributed by atoms with Gasteiger partial charge in [-0.1, -0.05) is 0 Å². The van der Waals surface area contributed by atoms with Crippen molar-refractivity contribution in [1.29, 1.82) is 10.5 Å². The maximum atomic E-state index is 13.2. The summed E-state index contributed by atoms with van der Waals surface area (Å²) in [5, 5.41) is 19.3. The lowest BCUT2D eigenvalue weighted by molar-refractivity contribution is -0.138. The van der Waals surface area contributed by atoms with Crippen molar-refractivity contribution in [2.24, 2.45) is 0 Å². The molecule has 1 aromatic rings. The van der Waals surface area contributed by atoms with Crippen molar-refractivity contribution in [3.63, 3.8) is 0 Å². The van der Waals surface area contributed by atoms with Gasteiger partial charge < -0.3 is 10.1 Å². The lowest BCUT2D eigenvalue weighted by atomic mass is 10.1. The number of hydrogen-bond donors (Lipinski definition) is 1. The first-order valence-corrected chi connectivity index (χ1v) is 5.05. The van der Waals surface area contributed by atoms with E-state index in [2.05, 4.69) is 10.1 Å². The van der Waals surface area contributed by atoms with E-state index in [9.17, 15) is 17.6 Å². The average Bonchev–Trinajstić information content (AvgIpc) is 2.38. The molecule has 0 aliphatic heterocycles. The van der Waals surface area contributed by atoms with E-state index >= 15 is 0 Å². The molecule has 0 aromatic heterocycles. The third-order valence-corrected chi connectivity index (χ3v) is 2.18. The lowest BCUT2D eigenvalue weighted by Gasteiger charge is -2.15. The Morgan fingerprint density at radius 1 is 1.30 bits per heavy atom. The van der Waals surface area contributed by atoms with Crippen molar-refractivity contribution in [1.82, 2.24) is 0 Å². The fraction of sp³-hybridized carbons (Fsp3) is 0.167. The lowest BCUT2D eigenvalue weighted by Crippen LogP contribution is -2.10. The molecule has 104 valence electrons. The minimum atomic E-state index is -4.80. The van der Waals surface area contributed by atoms with Crippen molar-refractivity contribution in [2.75, 3.05) is 12.4 Å². The van der Waals surface area contributed by atoms with Gasteiger partial charge in [0.05, 0.1) is 12.8 Å². The summed E-state index contributed by atoms with van der Waals surface area (Å²) in [4.78, 5) is 0. The van der Waals surface area contributed by atoms with Crippen LogP contribution in [0.2, 0.25) is 0 Å². The Kier molecular flexibility index (Phi) is 4.54. The van der Waals surface area contributed by atoms with Gasteiger partial charge in [0.15, 0.2) is 5.75 Å². The van der Waals surface area contributed by atoms with Crippen molar-refractivity contribution in [3.8, 4) is 17.9 Å². The molecule has 4 nitrogen and oxygen atoms in total. The highest BCUT2D eigenvalue weighted by Crippen LogP contribution is 2.41. The summed E-state index contributed by atoms with van der Waals surface area (Å²) in [6, 6.07) is 4.05. The molecule has 0 bridgehead atoms. The third kappa shape index (κ3) is 3.39. The summed E-state index contributed by atoms with van der Waals surface area (Å²) in [5.74, 6) is -1.77. The SMILES string of the molecule is COc1c(NC=C(C#N)C#N)cc(F)cc1C(F)(F)F. The van der Waals surface area contributed by atoms with Gasteiger partial charge in [0.25, 0.3) is 0 Å². The number of ether oxygens (including phenoxy) is 1. The molecule has 0 radical (unpaired) electrons. The Morgan fingerprint density at radius 3 is 2.35 bits per heavy atom. The number of nitriles is 2. The molecule has 0 heterocycles. The minimum Gasteiger partial charge on any atom is -0.494 e. The van der Waals surface area contributed by atoms with E-state index in [0.717, 1.165) is 19.4 Å². The Morgan fingerprint density at radius 2 is 1.90 bits per heavy atom. The summed E-state index contributed by atoms with van der Waals surface area (Å²) in [6.07, 6.45) is -3.95. The average molecular weight is 285 g/mol. The topological polar surface area (TPSA) is 68.8 Å². The maximum absolute atomic E-state index is 13.2. The molecule has 0 atom stereocenters. The summed E-state index contributed by atoms with van der Waals surface area (Å²) in [7, 11) is 0.993. The molecule has 0 saturated carbocycles. The molecule has 20 heavy (non-hydrogen) atoms. The Balaban J connectivity index is 3.35. The molecular weight excluding hydrogens is 278 g/mol. The van der Waals surface area contributed by atoms with Gasteiger partial charge in [0, 0.05) is 12.3 Å². The highest BCUT2D eigenvalue weighted by molar-refractivity contribution is 5.63. The molecule has 0 aliphatic rings. The van der Waals surface area contributed by atoms with Crippen molar-refractivity contribution < 1.29 is 22.3 Å². The predicted octanol–water partition coefficient (Wildman–Crippen LogP) is 3.20. The first-order valence-electron chi connectivity index (χ1n) is 5.05. The Hall–Kier alpha value is -2.74. The zero-order chi connectivity index (χ0) is 15.3. The molecule has 0 spiro atoms. The molecule has 1 rings (SSSR count). The van der Waals surface area contributed by atoms with Crippen molar-refractivity contribution >= 4 is 5.69 Å². The number of methoxy groups -OCH3 is 1. The van der Waals surface area contributed by atoms with Crippen LogP contribution in [-0.2, 0) is 6.18 Å². The molecule has 1 N–H and O–H groups in total. The van der Waals surface area contributed by atoms with Gasteiger partial charge in [0.2, 0.25) is 0 Å². The number of halogens is 4. The fourth-order valence-corrected chi connectivity index (χ4v) is 1.37. The van der Waals surface area contributed by atoms with Crippen LogP contribution in [0.5, 0.6) is 5.75 Å². The number of benzene rings is 1. The number of alkyl halides is 3. The standard InChI is InChI=1S/C12H7F4N3O/c1-20-11-9(12(14,15)16)2-8(13)3-10(11)19-6-7(4-17)5-18/h2-3,6,19H,1H3. The monoisotopic (exact) mass is 285 g/mol. The summed E-state index contributed by atoms with van der Waals surface area (Å²) in [5.41, 5.74) is -2.03. The number of rotatable bonds is 3. The first kappa shape index (κ1) is 15.3. The third-order valence-electron chi connectivity index (χ3n) is 2.18. The number of nitrogens with one attached hydrogen (secondary N) is 1. The Labute approximate surface area is 111 Å². The fourth-order valence-electron chi connectivity index (χ4n) is 1.37. The van der Waals surface area contributed by atoms with Crippen molar-refractivity contribution in [2.45, 2.75) is 6.18 Å². The summed E-state index contributed by atoms with van der Waals surface area (Å²) in [6.45, 7) is 0. The van der Waals surface area contributed by atoms with Crippen LogP contribution in [0.15, 0.2) is 23.9 Å². The predicted molar refractivity (Wildman–Crippen MR) is 60.9 cm³/mol. The van der Waals surface area contributed by atoms with Gasteiger partial charge in [-0.2, -0.15) is 23.7 Å².